The number of carbonyl (C=O) groups is 3. The summed E-state index contributed by atoms with van der Waals surface area (Å²) in [6.45, 7) is 0.428. The molecule has 3 amide bonds. The maximum atomic E-state index is 13.4. The topological polar surface area (TPSA) is 112 Å². The highest BCUT2D eigenvalue weighted by atomic mass is 32.2. The number of methoxy groups -OCH3 is 1. The minimum absolute atomic E-state index is 0.0435. The molecule has 0 saturated heterocycles. The molecule has 0 unspecified atom stereocenters. The normalized spacial score (nSPS) is 15.6. The average Bonchev–Trinajstić information content (AvgIpc) is 3.30. The first-order valence-electron chi connectivity index (χ1n) is 12.5. The van der Waals surface area contributed by atoms with Gasteiger partial charge >= 0.3 is 0 Å². The molecule has 2 aliphatic heterocycles. The van der Waals surface area contributed by atoms with E-state index in [-0.39, 0.29) is 36.3 Å². The van der Waals surface area contributed by atoms with Crippen molar-refractivity contribution < 1.29 is 19.1 Å². The van der Waals surface area contributed by atoms with E-state index in [9.17, 15) is 14.4 Å². The molecule has 0 aliphatic carbocycles. The van der Waals surface area contributed by atoms with Gasteiger partial charge in [-0.2, -0.15) is 0 Å². The van der Waals surface area contributed by atoms with Gasteiger partial charge in [0.1, 0.15) is 17.6 Å². The lowest BCUT2D eigenvalue weighted by atomic mass is 10.1. The lowest BCUT2D eigenvalue weighted by Crippen LogP contribution is -2.41. The van der Waals surface area contributed by atoms with Crippen molar-refractivity contribution in [1.82, 2.24) is 10.2 Å². The van der Waals surface area contributed by atoms with Gasteiger partial charge in [-0.05, 0) is 36.2 Å². The van der Waals surface area contributed by atoms with Crippen LogP contribution in [0.25, 0.3) is 0 Å². The first-order valence-corrected chi connectivity index (χ1v) is 13.5. The Hall–Kier alpha value is -4.44. The number of anilines is 1. The van der Waals surface area contributed by atoms with Crippen molar-refractivity contribution >= 4 is 51.9 Å². The molecule has 0 saturated carbocycles. The van der Waals surface area contributed by atoms with Crippen LogP contribution in [0.1, 0.15) is 24.0 Å². The molecule has 2 heterocycles. The van der Waals surface area contributed by atoms with Crippen LogP contribution >= 0.6 is 11.8 Å². The van der Waals surface area contributed by atoms with E-state index in [0.717, 1.165) is 22.9 Å². The number of nitrogens with one attached hydrogen (secondary N) is 2. The van der Waals surface area contributed by atoms with Gasteiger partial charge in [-0.3, -0.25) is 19.4 Å². The fourth-order valence-electron chi connectivity index (χ4n) is 4.27. The minimum Gasteiger partial charge on any atom is -0.497 e. The molecule has 2 N–H and O–H groups in total. The highest BCUT2D eigenvalue weighted by Crippen LogP contribution is 2.34. The van der Waals surface area contributed by atoms with Crippen molar-refractivity contribution in [2.45, 2.75) is 25.4 Å². The Kier molecular flexibility index (Phi) is 8.02. The number of rotatable bonds is 9. The van der Waals surface area contributed by atoms with Crippen LogP contribution in [0.15, 0.2) is 88.8 Å². The molecule has 0 bridgehead atoms. The zero-order valence-electron chi connectivity index (χ0n) is 21.3. The molecule has 0 spiro atoms. The third kappa shape index (κ3) is 6.18. The van der Waals surface area contributed by atoms with Crippen molar-refractivity contribution in [3.8, 4) is 5.75 Å². The second-order valence-corrected chi connectivity index (χ2v) is 9.87. The third-order valence-electron chi connectivity index (χ3n) is 6.21. The molecular formula is C29H27N5O4S. The number of hydrogen-bond acceptors (Lipinski definition) is 7. The van der Waals surface area contributed by atoms with E-state index in [0.29, 0.717) is 34.7 Å². The highest BCUT2D eigenvalue weighted by Gasteiger charge is 2.41. The highest BCUT2D eigenvalue weighted by molar-refractivity contribution is 8.14. The van der Waals surface area contributed by atoms with Gasteiger partial charge in [0.15, 0.2) is 5.17 Å². The molecule has 10 heteroatoms. The molecule has 198 valence electrons. The number of para-hydroxylation sites is 1. The number of nitrogens with zero attached hydrogens (tertiary/aromatic N) is 3. The summed E-state index contributed by atoms with van der Waals surface area (Å²) in [5.41, 5.74) is 3.04. The van der Waals surface area contributed by atoms with E-state index in [1.54, 1.807) is 31.4 Å². The number of carbonyl (C=O) groups excluding carboxylic acids is 3. The molecule has 0 fully saturated rings. The number of aliphatic imine (C=N–C) groups is 2. The second kappa shape index (κ2) is 12.0. The number of hydrogen-bond donors (Lipinski definition) is 2. The first kappa shape index (κ1) is 26.2. The zero-order valence-corrected chi connectivity index (χ0v) is 22.1. The Labute approximate surface area is 230 Å². The molecule has 39 heavy (non-hydrogen) atoms. The summed E-state index contributed by atoms with van der Waals surface area (Å²) in [6.07, 6.45) is 0.438. The minimum atomic E-state index is -0.704. The molecule has 0 radical (unpaired) electrons. The molecule has 1 atom stereocenters. The van der Waals surface area contributed by atoms with Crippen LogP contribution in [0.4, 0.5) is 11.4 Å². The molecule has 0 aromatic heterocycles. The third-order valence-corrected chi connectivity index (χ3v) is 7.15. The van der Waals surface area contributed by atoms with Gasteiger partial charge in [-0.1, -0.05) is 60.3 Å². The number of thioether (sulfide) groups is 1. The van der Waals surface area contributed by atoms with Crippen molar-refractivity contribution in [2.75, 3.05) is 18.2 Å². The van der Waals surface area contributed by atoms with Crippen molar-refractivity contribution in [3.05, 3.63) is 90.0 Å². The standard InChI is InChI=1S/C29H27N5O4S/c1-38-21-11-7-10-20(16-21)31-26(36)18-39-29-33-23-13-6-5-12-22(23)27-32-24(28(37)34(27)29)14-15-25(35)30-17-19-8-3-2-4-9-19/h2-13,16,24H,14-15,17-18H2,1H3,(H,30,35)(H,31,36)/t24-/m0/s1. The number of ether oxygens (including phenoxy) is 1. The lowest BCUT2D eigenvalue weighted by Gasteiger charge is -2.25. The van der Waals surface area contributed by atoms with Crippen LogP contribution in [0.3, 0.4) is 0 Å². The molecule has 9 nitrogen and oxygen atoms in total. The van der Waals surface area contributed by atoms with E-state index in [1.807, 2.05) is 54.6 Å². The van der Waals surface area contributed by atoms with Crippen molar-refractivity contribution in [1.29, 1.82) is 0 Å². The summed E-state index contributed by atoms with van der Waals surface area (Å²) in [7, 11) is 1.56. The van der Waals surface area contributed by atoms with Gasteiger partial charge in [0, 0.05) is 30.3 Å². The van der Waals surface area contributed by atoms with E-state index >= 15 is 0 Å². The maximum Gasteiger partial charge on any atom is 0.259 e. The van der Waals surface area contributed by atoms with Crippen LogP contribution in [-0.2, 0) is 20.9 Å². The van der Waals surface area contributed by atoms with E-state index in [4.69, 9.17) is 9.73 Å². The number of fused-ring (bicyclic) bond motifs is 3. The molecule has 5 rings (SSSR count). The molecule has 3 aromatic rings. The Morgan fingerprint density at radius 1 is 1.00 bits per heavy atom. The Bertz CT molecular complexity index is 1460. The fraction of sp³-hybridized carbons (Fsp3) is 0.207. The van der Waals surface area contributed by atoms with E-state index in [2.05, 4.69) is 15.6 Å². The quantitative estimate of drug-likeness (QED) is 0.423. The predicted octanol–water partition coefficient (Wildman–Crippen LogP) is 4.12. The molecular weight excluding hydrogens is 514 g/mol. The van der Waals surface area contributed by atoms with Gasteiger partial charge in [0.25, 0.3) is 5.91 Å². The smallest absolute Gasteiger partial charge is 0.259 e. The fourth-order valence-corrected chi connectivity index (χ4v) is 5.07. The number of amidine groups is 2. The van der Waals surface area contributed by atoms with Crippen LogP contribution in [0.5, 0.6) is 5.75 Å². The van der Waals surface area contributed by atoms with Crippen LogP contribution in [0, 0.1) is 0 Å². The Morgan fingerprint density at radius 2 is 1.79 bits per heavy atom. The van der Waals surface area contributed by atoms with Crippen LogP contribution in [0.2, 0.25) is 0 Å². The van der Waals surface area contributed by atoms with Gasteiger partial charge < -0.3 is 15.4 Å². The SMILES string of the molecule is COc1cccc(NC(=O)CSC2=Nc3ccccc3C3=N[C@@H](CCC(=O)NCc4ccccc4)C(=O)N23)c1. The predicted molar refractivity (Wildman–Crippen MR) is 152 cm³/mol. The van der Waals surface area contributed by atoms with Crippen LogP contribution < -0.4 is 15.4 Å². The van der Waals surface area contributed by atoms with Crippen molar-refractivity contribution in [2.24, 2.45) is 9.98 Å². The Balaban J connectivity index is 1.24. The molecule has 3 aromatic carbocycles. The van der Waals surface area contributed by atoms with E-state index in [1.165, 1.54) is 4.90 Å². The summed E-state index contributed by atoms with van der Waals surface area (Å²) in [5.74, 6) is 0.533. The lowest BCUT2D eigenvalue weighted by molar-refractivity contribution is -0.125. The van der Waals surface area contributed by atoms with Crippen molar-refractivity contribution in [3.63, 3.8) is 0 Å². The summed E-state index contributed by atoms with van der Waals surface area (Å²) in [6, 6.07) is 23.5. The molecule has 2 aliphatic rings. The Morgan fingerprint density at radius 3 is 2.62 bits per heavy atom. The average molecular weight is 542 g/mol. The first-order chi connectivity index (χ1) is 19.0. The zero-order chi connectivity index (χ0) is 27.2. The van der Waals surface area contributed by atoms with Crippen LogP contribution in [-0.4, -0.2) is 52.5 Å². The number of benzene rings is 3. The van der Waals surface area contributed by atoms with Gasteiger partial charge in [0.2, 0.25) is 11.8 Å². The summed E-state index contributed by atoms with van der Waals surface area (Å²) >= 11 is 1.16. The summed E-state index contributed by atoms with van der Waals surface area (Å²) < 4.78 is 5.20. The maximum absolute atomic E-state index is 13.4. The second-order valence-electron chi connectivity index (χ2n) is 8.92. The largest absolute Gasteiger partial charge is 0.497 e. The number of amides is 3. The monoisotopic (exact) mass is 541 g/mol. The summed E-state index contributed by atoms with van der Waals surface area (Å²) in [4.78, 5) is 49.4. The van der Waals surface area contributed by atoms with Gasteiger partial charge in [-0.15, -0.1) is 0 Å². The van der Waals surface area contributed by atoms with Gasteiger partial charge in [0.05, 0.1) is 18.6 Å². The van der Waals surface area contributed by atoms with E-state index < -0.39 is 6.04 Å². The summed E-state index contributed by atoms with van der Waals surface area (Å²) in [5, 5.41) is 6.11. The van der Waals surface area contributed by atoms with Gasteiger partial charge in [-0.25, -0.2) is 9.89 Å².